The molecule has 0 bridgehead atoms. The fraction of sp³-hybridized carbons (Fsp3) is 0.357. The second-order valence-electron chi connectivity index (χ2n) is 9.35. The average Bonchev–Trinajstić information content (AvgIpc) is 3.48. The van der Waals surface area contributed by atoms with Crippen molar-refractivity contribution < 1.29 is 0 Å². The van der Waals surface area contributed by atoms with Crippen molar-refractivity contribution in [3.8, 4) is 0 Å². The maximum atomic E-state index is 4.95. The largest absolute Gasteiger partial charge is 0.293 e. The molecule has 2 unspecified atom stereocenters. The quantitative estimate of drug-likeness (QED) is 0.430. The molecule has 4 heteroatoms. The summed E-state index contributed by atoms with van der Waals surface area (Å²) in [6, 6.07) is 26.9. The first-order chi connectivity index (χ1) is 15.8. The zero-order valence-corrected chi connectivity index (χ0v) is 18.5. The Morgan fingerprint density at radius 1 is 0.594 bits per heavy atom. The van der Waals surface area contributed by atoms with Gasteiger partial charge in [0.15, 0.2) is 0 Å². The van der Waals surface area contributed by atoms with Gasteiger partial charge in [-0.3, -0.25) is 19.8 Å². The first-order valence-corrected chi connectivity index (χ1v) is 12.0. The number of likely N-dealkylation sites (tertiary alicyclic amines) is 2. The number of pyridine rings is 2. The number of para-hydroxylation sites is 2. The molecule has 0 N–H and O–H groups in total. The number of nitrogens with zero attached hydrogens (tertiary/aromatic N) is 4. The van der Waals surface area contributed by atoms with E-state index in [1.54, 1.807) is 0 Å². The molecule has 2 atom stereocenters. The van der Waals surface area contributed by atoms with Crippen molar-refractivity contribution in [1.29, 1.82) is 0 Å². The molecular weight excluding hydrogens is 392 g/mol. The third-order valence-electron chi connectivity index (χ3n) is 7.31. The Kier molecular flexibility index (Phi) is 5.34. The van der Waals surface area contributed by atoms with Gasteiger partial charge in [-0.2, -0.15) is 0 Å². The highest BCUT2D eigenvalue weighted by atomic mass is 15.3. The van der Waals surface area contributed by atoms with Crippen LogP contribution in [0.5, 0.6) is 0 Å². The van der Waals surface area contributed by atoms with Crippen molar-refractivity contribution in [2.24, 2.45) is 0 Å². The standard InChI is InChI=1S/C28H30N4/c1-3-9-25-21(7-1)13-15-23(29-25)19-31-17-5-11-27(31)28-12-6-18-32(28)20-24-16-14-22-8-2-4-10-26(22)30-24/h1-4,7-10,13-16,27-28H,5-6,11-12,17-20H2. The number of hydrogen-bond acceptors (Lipinski definition) is 4. The smallest absolute Gasteiger partial charge is 0.0705 e. The molecule has 2 aliphatic heterocycles. The summed E-state index contributed by atoms with van der Waals surface area (Å²) in [6.07, 6.45) is 5.16. The van der Waals surface area contributed by atoms with Crippen LogP contribution in [0.2, 0.25) is 0 Å². The summed E-state index contributed by atoms with van der Waals surface area (Å²) in [7, 11) is 0. The Morgan fingerprint density at radius 2 is 1.06 bits per heavy atom. The summed E-state index contributed by atoms with van der Waals surface area (Å²) >= 11 is 0. The number of fused-ring (bicyclic) bond motifs is 2. The first kappa shape index (κ1) is 19.8. The van der Waals surface area contributed by atoms with Gasteiger partial charge in [-0.1, -0.05) is 48.5 Å². The van der Waals surface area contributed by atoms with Crippen LogP contribution in [-0.4, -0.2) is 44.9 Å². The predicted octanol–water partition coefficient (Wildman–Crippen LogP) is 5.41. The van der Waals surface area contributed by atoms with Crippen molar-refractivity contribution >= 4 is 21.8 Å². The summed E-state index contributed by atoms with van der Waals surface area (Å²) in [5.41, 5.74) is 4.59. The highest BCUT2D eigenvalue weighted by Gasteiger charge is 2.37. The fourth-order valence-electron chi connectivity index (χ4n) is 5.78. The fourth-order valence-corrected chi connectivity index (χ4v) is 5.78. The van der Waals surface area contributed by atoms with Crippen LogP contribution in [0.25, 0.3) is 21.8 Å². The Labute approximate surface area is 189 Å². The van der Waals surface area contributed by atoms with E-state index < -0.39 is 0 Å². The van der Waals surface area contributed by atoms with Gasteiger partial charge >= 0.3 is 0 Å². The van der Waals surface area contributed by atoms with Gasteiger partial charge in [0.1, 0.15) is 0 Å². The lowest BCUT2D eigenvalue weighted by atomic mass is 10.0. The van der Waals surface area contributed by atoms with E-state index in [1.165, 1.54) is 60.9 Å². The van der Waals surface area contributed by atoms with Crippen molar-refractivity contribution in [3.05, 3.63) is 84.2 Å². The van der Waals surface area contributed by atoms with E-state index in [0.717, 1.165) is 24.1 Å². The summed E-state index contributed by atoms with van der Waals surface area (Å²) in [6.45, 7) is 4.26. The molecule has 0 amide bonds. The van der Waals surface area contributed by atoms with E-state index in [-0.39, 0.29) is 0 Å². The van der Waals surface area contributed by atoms with Crippen LogP contribution in [0.15, 0.2) is 72.8 Å². The van der Waals surface area contributed by atoms with Crippen LogP contribution in [0, 0.1) is 0 Å². The minimum Gasteiger partial charge on any atom is -0.293 e. The molecule has 0 radical (unpaired) electrons. The average molecular weight is 423 g/mol. The molecule has 0 spiro atoms. The molecule has 0 aliphatic carbocycles. The number of aromatic nitrogens is 2. The van der Waals surface area contributed by atoms with Crippen molar-refractivity contribution in [2.45, 2.75) is 50.9 Å². The van der Waals surface area contributed by atoms with E-state index >= 15 is 0 Å². The van der Waals surface area contributed by atoms with Crippen LogP contribution < -0.4 is 0 Å². The zero-order valence-electron chi connectivity index (χ0n) is 18.5. The molecule has 6 rings (SSSR count). The summed E-state index contributed by atoms with van der Waals surface area (Å²) in [5.74, 6) is 0. The molecule has 4 aromatic rings. The summed E-state index contributed by atoms with van der Waals surface area (Å²) < 4.78 is 0. The minimum absolute atomic E-state index is 0.617. The third kappa shape index (κ3) is 3.89. The zero-order chi connectivity index (χ0) is 21.3. The molecule has 2 fully saturated rings. The predicted molar refractivity (Wildman–Crippen MR) is 130 cm³/mol. The number of hydrogen-bond donors (Lipinski definition) is 0. The number of benzene rings is 2. The van der Waals surface area contributed by atoms with Crippen molar-refractivity contribution in [2.75, 3.05) is 13.1 Å². The van der Waals surface area contributed by atoms with Crippen LogP contribution in [0.3, 0.4) is 0 Å². The van der Waals surface area contributed by atoms with Crippen LogP contribution in [-0.2, 0) is 13.1 Å². The van der Waals surface area contributed by atoms with E-state index in [1.807, 2.05) is 0 Å². The molecule has 2 aromatic carbocycles. The Bertz CT molecular complexity index is 1140. The van der Waals surface area contributed by atoms with Gasteiger partial charge in [0.05, 0.1) is 22.4 Å². The molecule has 2 saturated heterocycles. The monoisotopic (exact) mass is 422 g/mol. The van der Waals surface area contributed by atoms with Gasteiger partial charge in [-0.05, 0) is 63.0 Å². The Morgan fingerprint density at radius 3 is 1.56 bits per heavy atom. The molecule has 2 aromatic heterocycles. The van der Waals surface area contributed by atoms with Gasteiger partial charge < -0.3 is 0 Å². The lowest BCUT2D eigenvalue weighted by molar-refractivity contribution is 0.122. The van der Waals surface area contributed by atoms with Gasteiger partial charge in [-0.25, -0.2) is 0 Å². The van der Waals surface area contributed by atoms with E-state index in [9.17, 15) is 0 Å². The lowest BCUT2D eigenvalue weighted by Crippen LogP contribution is -2.45. The molecular formula is C28H30N4. The third-order valence-corrected chi connectivity index (χ3v) is 7.31. The number of rotatable bonds is 5. The van der Waals surface area contributed by atoms with E-state index in [2.05, 4.69) is 82.6 Å². The van der Waals surface area contributed by atoms with Gasteiger partial charge in [0.25, 0.3) is 0 Å². The van der Waals surface area contributed by atoms with Crippen molar-refractivity contribution in [3.63, 3.8) is 0 Å². The van der Waals surface area contributed by atoms with E-state index in [4.69, 9.17) is 9.97 Å². The Hall–Kier alpha value is -2.82. The minimum atomic E-state index is 0.617. The molecule has 32 heavy (non-hydrogen) atoms. The van der Waals surface area contributed by atoms with Gasteiger partial charge in [0, 0.05) is 35.9 Å². The van der Waals surface area contributed by atoms with Crippen LogP contribution in [0.4, 0.5) is 0 Å². The normalized spacial score (nSPS) is 22.2. The summed E-state index contributed by atoms with van der Waals surface area (Å²) in [4.78, 5) is 15.3. The van der Waals surface area contributed by atoms with Crippen LogP contribution >= 0.6 is 0 Å². The van der Waals surface area contributed by atoms with Crippen LogP contribution in [0.1, 0.15) is 37.1 Å². The second kappa shape index (κ2) is 8.61. The van der Waals surface area contributed by atoms with Gasteiger partial charge in [-0.15, -0.1) is 0 Å². The van der Waals surface area contributed by atoms with E-state index in [0.29, 0.717) is 12.1 Å². The SMILES string of the molecule is c1ccc2nc(CN3CCCC3C3CCCN3Cc3ccc4ccccc4n3)ccc2c1. The first-order valence-electron chi connectivity index (χ1n) is 12.0. The molecule has 162 valence electrons. The highest BCUT2D eigenvalue weighted by Crippen LogP contribution is 2.32. The Balaban J connectivity index is 1.19. The molecule has 4 nitrogen and oxygen atoms in total. The molecule has 0 saturated carbocycles. The molecule has 4 heterocycles. The highest BCUT2D eigenvalue weighted by molar-refractivity contribution is 5.79. The topological polar surface area (TPSA) is 32.3 Å². The van der Waals surface area contributed by atoms with Gasteiger partial charge in [0.2, 0.25) is 0 Å². The summed E-state index contributed by atoms with van der Waals surface area (Å²) in [5, 5.41) is 2.44. The maximum absolute atomic E-state index is 4.95. The second-order valence-corrected chi connectivity index (χ2v) is 9.35. The lowest BCUT2D eigenvalue weighted by Gasteiger charge is -2.35. The molecule has 2 aliphatic rings. The van der Waals surface area contributed by atoms with Crippen molar-refractivity contribution in [1.82, 2.24) is 19.8 Å². The maximum Gasteiger partial charge on any atom is 0.0705 e.